The topological polar surface area (TPSA) is 83.7 Å². The predicted octanol–water partition coefficient (Wildman–Crippen LogP) is 4.14. The van der Waals surface area contributed by atoms with Crippen LogP contribution in [-0.2, 0) is 0 Å². The molecule has 0 bridgehead atoms. The summed E-state index contributed by atoms with van der Waals surface area (Å²) in [7, 11) is 0. The van der Waals surface area contributed by atoms with Gasteiger partial charge >= 0.3 is 0 Å². The molecule has 0 saturated carbocycles. The predicted molar refractivity (Wildman–Crippen MR) is 82.9 cm³/mol. The highest BCUT2D eigenvalue weighted by Crippen LogP contribution is 2.47. The van der Waals surface area contributed by atoms with E-state index >= 15 is 0 Å². The molecule has 6 nitrogen and oxygen atoms in total. The number of ketones is 1. The molecule has 0 fully saturated rings. The molecule has 1 aromatic carbocycles. The summed E-state index contributed by atoms with van der Waals surface area (Å²) in [6, 6.07) is 9.17. The van der Waals surface area contributed by atoms with Crippen molar-refractivity contribution >= 4 is 5.78 Å². The van der Waals surface area contributed by atoms with Crippen molar-refractivity contribution < 1.29 is 4.79 Å². The average Bonchev–Trinajstić information content (AvgIpc) is 2.81. The molecule has 112 valence electrons. The van der Waals surface area contributed by atoms with E-state index in [9.17, 15) is 4.79 Å². The van der Waals surface area contributed by atoms with Crippen LogP contribution in [0.2, 0.25) is 0 Å². The van der Waals surface area contributed by atoms with Crippen molar-refractivity contribution in [2.45, 2.75) is 33.2 Å². The third-order valence-corrected chi connectivity index (χ3v) is 4.16. The first-order valence-electron chi connectivity index (χ1n) is 7.18. The van der Waals surface area contributed by atoms with Gasteiger partial charge in [0.2, 0.25) is 0 Å². The number of nitrogens with zero attached hydrogens (tertiary/aromatic N) is 5. The Morgan fingerprint density at radius 3 is 2.68 bits per heavy atom. The number of hydrogen-bond donors (Lipinski definition) is 0. The zero-order chi connectivity index (χ0) is 15.9. The first kappa shape index (κ1) is 14.4. The Hall–Kier alpha value is -2.59. The molecule has 3 rings (SSSR count). The van der Waals surface area contributed by atoms with Gasteiger partial charge in [0, 0.05) is 11.3 Å². The zero-order valence-corrected chi connectivity index (χ0v) is 12.8. The van der Waals surface area contributed by atoms with Crippen molar-refractivity contribution in [2.75, 3.05) is 0 Å². The largest absolute Gasteiger partial charge is 0.294 e. The van der Waals surface area contributed by atoms with Crippen LogP contribution in [0.1, 0.15) is 48.1 Å². The van der Waals surface area contributed by atoms with Crippen LogP contribution in [0.4, 0.5) is 0 Å². The fraction of sp³-hybridized carbons (Fsp3) is 0.375. The second kappa shape index (κ2) is 5.00. The van der Waals surface area contributed by atoms with Gasteiger partial charge < -0.3 is 0 Å². The molecule has 0 radical (unpaired) electrons. The van der Waals surface area contributed by atoms with Crippen LogP contribution in [-0.4, -0.2) is 15.6 Å². The van der Waals surface area contributed by atoms with E-state index in [2.05, 4.69) is 15.1 Å². The lowest BCUT2D eigenvalue weighted by atomic mass is 9.72. The number of rotatable bonds is 2. The lowest BCUT2D eigenvalue weighted by molar-refractivity contribution is 0.0882. The molecule has 1 aliphatic rings. The maximum Gasteiger partial charge on any atom is 0.167 e. The Labute approximate surface area is 128 Å². The fourth-order valence-corrected chi connectivity index (χ4v) is 3.14. The number of carbonyl (C=O) groups excluding carboxylic acids is 1. The molecule has 2 aromatic rings. The van der Waals surface area contributed by atoms with Gasteiger partial charge in [-0.25, -0.2) is 4.68 Å². The minimum absolute atomic E-state index is 0.0593. The number of benzene rings is 1. The molecule has 0 spiro atoms. The number of aryl methyl sites for hydroxylation is 1. The lowest BCUT2D eigenvalue weighted by Crippen LogP contribution is -2.32. The van der Waals surface area contributed by atoms with Gasteiger partial charge in [0.05, 0.1) is 28.7 Å². The van der Waals surface area contributed by atoms with Crippen molar-refractivity contribution in [3.8, 4) is 5.69 Å². The van der Waals surface area contributed by atoms with Gasteiger partial charge in [-0.1, -0.05) is 37.2 Å². The number of carbonyl (C=O) groups is 1. The Bertz CT molecular complexity index is 784. The summed E-state index contributed by atoms with van der Waals surface area (Å²) in [5, 5.41) is 8.50. The van der Waals surface area contributed by atoms with Gasteiger partial charge in [0.25, 0.3) is 0 Å². The van der Waals surface area contributed by atoms with E-state index in [1.807, 2.05) is 51.1 Å². The molecule has 1 aliphatic carbocycles. The first-order valence-corrected chi connectivity index (χ1v) is 7.18. The molecule has 1 aromatic heterocycles. The molecule has 1 heterocycles. The van der Waals surface area contributed by atoms with E-state index < -0.39 is 11.5 Å². The molecule has 1 unspecified atom stereocenters. The van der Waals surface area contributed by atoms with Crippen molar-refractivity contribution in [2.24, 2.45) is 10.5 Å². The summed E-state index contributed by atoms with van der Waals surface area (Å²) < 4.78 is 1.74. The van der Waals surface area contributed by atoms with Crippen LogP contribution in [0.5, 0.6) is 0 Å². The SMILES string of the molecule is Cc1nn(-c2ccccc2)c2c1C(=O)CC(C)(C)C2N=[N+]=[N-]. The zero-order valence-electron chi connectivity index (χ0n) is 12.8. The molecule has 0 N–H and O–H groups in total. The summed E-state index contributed by atoms with van der Waals surface area (Å²) in [6.45, 7) is 5.72. The van der Waals surface area contributed by atoms with E-state index in [0.29, 0.717) is 23.4 Å². The fourth-order valence-electron chi connectivity index (χ4n) is 3.14. The van der Waals surface area contributed by atoms with Gasteiger partial charge in [-0.3, -0.25) is 4.79 Å². The van der Waals surface area contributed by atoms with E-state index in [-0.39, 0.29) is 5.78 Å². The third kappa shape index (κ3) is 2.09. The van der Waals surface area contributed by atoms with E-state index in [4.69, 9.17) is 5.53 Å². The molecule has 1 atom stereocenters. The molecule has 22 heavy (non-hydrogen) atoms. The minimum atomic E-state index is -0.435. The molecule has 0 saturated heterocycles. The highest BCUT2D eigenvalue weighted by Gasteiger charge is 2.43. The second-order valence-corrected chi connectivity index (χ2v) is 6.29. The Morgan fingerprint density at radius 2 is 2.05 bits per heavy atom. The first-order chi connectivity index (χ1) is 10.5. The molecular formula is C16H17N5O. The van der Waals surface area contributed by atoms with Crippen LogP contribution in [0.3, 0.4) is 0 Å². The van der Waals surface area contributed by atoms with E-state index in [0.717, 1.165) is 5.69 Å². The maximum atomic E-state index is 12.5. The number of Topliss-reactive ketones (excluding diaryl/α,β-unsaturated/α-hetero) is 1. The van der Waals surface area contributed by atoms with Gasteiger partial charge in [-0.05, 0) is 30.0 Å². The summed E-state index contributed by atoms with van der Waals surface area (Å²) in [5.41, 5.74) is 11.3. The summed E-state index contributed by atoms with van der Waals surface area (Å²) >= 11 is 0. The number of hydrogen-bond acceptors (Lipinski definition) is 3. The van der Waals surface area contributed by atoms with Gasteiger partial charge in [-0.15, -0.1) is 0 Å². The van der Waals surface area contributed by atoms with E-state index in [1.165, 1.54) is 0 Å². The molecular weight excluding hydrogens is 278 g/mol. The highest BCUT2D eigenvalue weighted by atomic mass is 16.1. The van der Waals surface area contributed by atoms with Crippen molar-refractivity contribution in [3.05, 3.63) is 57.7 Å². The number of fused-ring (bicyclic) bond motifs is 1. The van der Waals surface area contributed by atoms with E-state index in [1.54, 1.807) is 4.68 Å². The van der Waals surface area contributed by atoms with Crippen molar-refractivity contribution in [1.29, 1.82) is 0 Å². The summed E-state index contributed by atoms with van der Waals surface area (Å²) in [4.78, 5) is 15.5. The van der Waals surface area contributed by atoms with Crippen LogP contribution in [0, 0.1) is 12.3 Å². The molecule has 6 heteroatoms. The Kier molecular flexibility index (Phi) is 3.26. The quantitative estimate of drug-likeness (QED) is 0.473. The third-order valence-electron chi connectivity index (χ3n) is 4.16. The van der Waals surface area contributed by atoms with Crippen molar-refractivity contribution in [3.63, 3.8) is 0 Å². The van der Waals surface area contributed by atoms with Crippen molar-refractivity contribution in [1.82, 2.24) is 9.78 Å². The van der Waals surface area contributed by atoms with Gasteiger partial charge in [-0.2, -0.15) is 5.10 Å². The Morgan fingerprint density at radius 1 is 1.36 bits per heavy atom. The standard InChI is InChI=1S/C16H17N5O/c1-10-13-12(22)9-16(2,3)15(18-20-17)14(13)21(19-10)11-7-5-4-6-8-11/h4-8,15H,9H2,1-3H3. The van der Waals surface area contributed by atoms with Crippen LogP contribution in [0.25, 0.3) is 16.1 Å². The summed E-state index contributed by atoms with van der Waals surface area (Å²) in [5.74, 6) is 0.0593. The number of para-hydroxylation sites is 1. The average molecular weight is 295 g/mol. The van der Waals surface area contributed by atoms with Crippen LogP contribution in [0.15, 0.2) is 35.4 Å². The normalized spacial score (nSPS) is 19.4. The van der Waals surface area contributed by atoms with Gasteiger partial charge in [0.15, 0.2) is 5.78 Å². The van der Waals surface area contributed by atoms with Gasteiger partial charge in [0.1, 0.15) is 0 Å². The number of azide groups is 1. The number of aromatic nitrogens is 2. The lowest BCUT2D eigenvalue weighted by Gasteiger charge is -2.35. The smallest absolute Gasteiger partial charge is 0.167 e. The highest BCUT2D eigenvalue weighted by molar-refractivity contribution is 6.00. The second-order valence-electron chi connectivity index (χ2n) is 6.29. The molecule has 0 amide bonds. The maximum absolute atomic E-state index is 12.5. The van der Waals surface area contributed by atoms with Crippen LogP contribution >= 0.6 is 0 Å². The minimum Gasteiger partial charge on any atom is -0.294 e. The summed E-state index contributed by atoms with van der Waals surface area (Å²) in [6.07, 6.45) is 0.352. The van der Waals surface area contributed by atoms with Crippen LogP contribution < -0.4 is 0 Å². The Balaban J connectivity index is 2.32. The molecule has 0 aliphatic heterocycles. The monoisotopic (exact) mass is 295 g/mol.